The Morgan fingerprint density at radius 1 is 1.33 bits per heavy atom. The molecule has 0 radical (unpaired) electrons. The van der Waals surface area contributed by atoms with E-state index < -0.39 is 6.10 Å². The first kappa shape index (κ1) is 9.52. The van der Waals surface area contributed by atoms with Crippen molar-refractivity contribution < 1.29 is 9.90 Å². The lowest BCUT2D eigenvalue weighted by Gasteiger charge is -2.28. The molecule has 1 aliphatic rings. The zero-order valence-corrected chi connectivity index (χ0v) is 7.79. The first-order valence-electron chi connectivity index (χ1n) is 4.52. The lowest BCUT2D eigenvalue weighted by atomic mass is 9.86. The molecular weight excluding hydrogens is 154 g/mol. The maximum absolute atomic E-state index is 11.5. The lowest BCUT2D eigenvalue weighted by Crippen LogP contribution is -2.38. The van der Waals surface area contributed by atoms with Gasteiger partial charge < -0.3 is 10.0 Å². The maximum atomic E-state index is 11.5. The molecule has 12 heavy (non-hydrogen) atoms. The quantitative estimate of drug-likeness (QED) is 0.628. The summed E-state index contributed by atoms with van der Waals surface area (Å²) in [4.78, 5) is 13.0. The molecular formula is C9H17NO2. The highest BCUT2D eigenvalue weighted by Crippen LogP contribution is 2.25. The molecule has 0 aromatic rings. The van der Waals surface area contributed by atoms with Crippen molar-refractivity contribution in [2.75, 3.05) is 14.1 Å². The average molecular weight is 171 g/mol. The molecule has 1 saturated carbocycles. The molecule has 0 saturated heterocycles. The number of aliphatic hydroxyl groups excluding tert-OH is 1. The largest absolute Gasteiger partial charge is 0.392 e. The van der Waals surface area contributed by atoms with Crippen molar-refractivity contribution >= 4 is 5.91 Å². The molecule has 0 heterocycles. The van der Waals surface area contributed by atoms with Crippen LogP contribution in [0.2, 0.25) is 0 Å². The van der Waals surface area contributed by atoms with Crippen LogP contribution < -0.4 is 0 Å². The molecule has 0 aromatic heterocycles. The van der Waals surface area contributed by atoms with Crippen LogP contribution in [0.15, 0.2) is 0 Å². The summed E-state index contributed by atoms with van der Waals surface area (Å²) < 4.78 is 0. The van der Waals surface area contributed by atoms with Crippen molar-refractivity contribution in [2.24, 2.45) is 5.92 Å². The van der Waals surface area contributed by atoms with Gasteiger partial charge in [0.15, 0.2) is 0 Å². The minimum atomic E-state index is -0.409. The number of rotatable bonds is 1. The Morgan fingerprint density at radius 2 is 1.92 bits per heavy atom. The summed E-state index contributed by atoms with van der Waals surface area (Å²) >= 11 is 0. The number of carbonyl (C=O) groups is 1. The molecule has 2 atom stereocenters. The second kappa shape index (κ2) is 3.90. The van der Waals surface area contributed by atoms with E-state index in [4.69, 9.17) is 0 Å². The van der Waals surface area contributed by atoms with Gasteiger partial charge >= 0.3 is 0 Å². The predicted octanol–water partition coefficient (Wildman–Crippen LogP) is 0.626. The lowest BCUT2D eigenvalue weighted by molar-refractivity contribution is -0.138. The third kappa shape index (κ3) is 1.97. The van der Waals surface area contributed by atoms with Crippen LogP contribution in [-0.4, -0.2) is 36.1 Å². The van der Waals surface area contributed by atoms with Crippen molar-refractivity contribution in [3.63, 3.8) is 0 Å². The molecule has 1 rings (SSSR count). The monoisotopic (exact) mass is 171 g/mol. The second-order valence-electron chi connectivity index (χ2n) is 3.69. The molecule has 0 aromatic carbocycles. The Labute approximate surface area is 73.4 Å². The van der Waals surface area contributed by atoms with Gasteiger partial charge in [-0.15, -0.1) is 0 Å². The molecule has 2 unspecified atom stereocenters. The molecule has 70 valence electrons. The molecule has 3 nitrogen and oxygen atoms in total. The molecule has 0 spiro atoms. The summed E-state index contributed by atoms with van der Waals surface area (Å²) in [7, 11) is 3.48. The predicted molar refractivity (Wildman–Crippen MR) is 46.7 cm³/mol. The van der Waals surface area contributed by atoms with Crippen LogP contribution in [-0.2, 0) is 4.79 Å². The van der Waals surface area contributed by atoms with Crippen molar-refractivity contribution in [1.29, 1.82) is 0 Å². The first-order chi connectivity index (χ1) is 5.63. The van der Waals surface area contributed by atoms with E-state index >= 15 is 0 Å². The van der Waals surface area contributed by atoms with Crippen molar-refractivity contribution in [1.82, 2.24) is 4.90 Å². The third-order valence-electron chi connectivity index (χ3n) is 2.49. The highest BCUT2D eigenvalue weighted by Gasteiger charge is 2.30. The topological polar surface area (TPSA) is 40.5 Å². The van der Waals surface area contributed by atoms with Gasteiger partial charge in [0.1, 0.15) is 0 Å². The van der Waals surface area contributed by atoms with Crippen LogP contribution in [0.25, 0.3) is 0 Å². The molecule has 1 fully saturated rings. The van der Waals surface area contributed by atoms with Gasteiger partial charge in [0, 0.05) is 14.1 Å². The fraction of sp³-hybridized carbons (Fsp3) is 0.889. The zero-order valence-electron chi connectivity index (χ0n) is 7.79. The Morgan fingerprint density at radius 3 is 2.42 bits per heavy atom. The molecule has 1 aliphatic carbocycles. The van der Waals surface area contributed by atoms with Gasteiger partial charge in [0.25, 0.3) is 0 Å². The maximum Gasteiger partial charge on any atom is 0.227 e. The van der Waals surface area contributed by atoms with Gasteiger partial charge in [-0.1, -0.05) is 12.8 Å². The minimum Gasteiger partial charge on any atom is -0.392 e. The normalized spacial score (nSPS) is 29.9. The summed E-state index contributed by atoms with van der Waals surface area (Å²) in [6.07, 6.45) is 3.34. The first-order valence-corrected chi connectivity index (χ1v) is 4.52. The van der Waals surface area contributed by atoms with Crippen LogP contribution in [0, 0.1) is 5.92 Å². The highest BCUT2D eigenvalue weighted by atomic mass is 16.3. The fourth-order valence-electron chi connectivity index (χ4n) is 1.73. The number of carbonyl (C=O) groups excluding carboxylic acids is 1. The summed E-state index contributed by atoms with van der Waals surface area (Å²) in [5.41, 5.74) is 0. The van der Waals surface area contributed by atoms with E-state index in [1.165, 1.54) is 0 Å². The fourth-order valence-corrected chi connectivity index (χ4v) is 1.73. The van der Waals surface area contributed by atoms with Gasteiger partial charge in [0.05, 0.1) is 12.0 Å². The minimum absolute atomic E-state index is 0.0715. The number of nitrogens with zero attached hydrogens (tertiary/aromatic N) is 1. The number of aliphatic hydroxyl groups is 1. The molecule has 1 amide bonds. The molecule has 0 bridgehead atoms. The van der Waals surface area contributed by atoms with Crippen molar-refractivity contribution in [3.8, 4) is 0 Å². The van der Waals surface area contributed by atoms with Gasteiger partial charge in [-0.05, 0) is 12.8 Å². The van der Waals surface area contributed by atoms with Crippen molar-refractivity contribution in [2.45, 2.75) is 31.8 Å². The highest BCUT2D eigenvalue weighted by molar-refractivity contribution is 5.78. The number of amides is 1. The van der Waals surface area contributed by atoms with Gasteiger partial charge in [0.2, 0.25) is 5.91 Å². The van der Waals surface area contributed by atoms with Gasteiger partial charge in [-0.2, -0.15) is 0 Å². The average Bonchev–Trinajstić information content (AvgIpc) is 2.04. The van der Waals surface area contributed by atoms with E-state index in [0.29, 0.717) is 0 Å². The van der Waals surface area contributed by atoms with Gasteiger partial charge in [-0.3, -0.25) is 4.79 Å². The smallest absolute Gasteiger partial charge is 0.227 e. The van der Waals surface area contributed by atoms with E-state index in [0.717, 1.165) is 25.7 Å². The second-order valence-corrected chi connectivity index (χ2v) is 3.69. The van der Waals surface area contributed by atoms with E-state index in [1.54, 1.807) is 19.0 Å². The summed E-state index contributed by atoms with van der Waals surface area (Å²) in [5.74, 6) is -0.0732. The van der Waals surface area contributed by atoms with Crippen LogP contribution in [0.1, 0.15) is 25.7 Å². The summed E-state index contributed by atoms with van der Waals surface area (Å²) in [5, 5.41) is 9.54. The van der Waals surface area contributed by atoms with E-state index in [1.807, 2.05) is 0 Å². The van der Waals surface area contributed by atoms with Crippen LogP contribution >= 0.6 is 0 Å². The standard InChI is InChI=1S/C9H17NO2/c1-10(2)9(12)7-5-3-4-6-8(7)11/h7-8,11H,3-6H2,1-2H3. The van der Waals surface area contributed by atoms with E-state index in [9.17, 15) is 9.90 Å². The number of hydrogen-bond acceptors (Lipinski definition) is 2. The zero-order chi connectivity index (χ0) is 9.14. The molecule has 0 aliphatic heterocycles. The van der Waals surface area contributed by atoms with E-state index in [-0.39, 0.29) is 11.8 Å². The molecule has 1 N–H and O–H groups in total. The van der Waals surface area contributed by atoms with E-state index in [2.05, 4.69) is 0 Å². The van der Waals surface area contributed by atoms with Crippen molar-refractivity contribution in [3.05, 3.63) is 0 Å². The molecule has 3 heteroatoms. The summed E-state index contributed by atoms with van der Waals surface area (Å²) in [6, 6.07) is 0. The van der Waals surface area contributed by atoms with Crippen LogP contribution in [0.3, 0.4) is 0 Å². The third-order valence-corrected chi connectivity index (χ3v) is 2.49. The summed E-state index contributed by atoms with van der Waals surface area (Å²) in [6.45, 7) is 0. The van der Waals surface area contributed by atoms with Crippen LogP contribution in [0.4, 0.5) is 0 Å². The Kier molecular flexibility index (Phi) is 3.09. The Bertz CT molecular complexity index is 168. The number of hydrogen-bond donors (Lipinski definition) is 1. The van der Waals surface area contributed by atoms with Gasteiger partial charge in [-0.25, -0.2) is 0 Å². The SMILES string of the molecule is CN(C)C(=O)C1CCCCC1O. The van der Waals surface area contributed by atoms with Crippen LogP contribution in [0.5, 0.6) is 0 Å². The Balaban J connectivity index is 2.53. The Hall–Kier alpha value is -0.570.